The van der Waals surface area contributed by atoms with Crippen LogP contribution >= 0.6 is 11.6 Å². The number of carbonyl (C=O) groups is 1. The molecule has 1 rings (SSSR count). The Kier molecular flexibility index (Phi) is 5.51. The maximum atomic E-state index is 12.5. The number of likely N-dealkylation sites (N-methyl/N-ethyl adjacent to an activating group) is 1. The van der Waals surface area contributed by atoms with Gasteiger partial charge in [-0.3, -0.25) is 4.79 Å². The highest BCUT2D eigenvalue weighted by Gasteiger charge is 2.28. The molecule has 0 aromatic heterocycles. The maximum absolute atomic E-state index is 12.5. The quantitative estimate of drug-likeness (QED) is 0.766. The number of carbonyl (C=O) groups excluding carboxylic acids is 1. The van der Waals surface area contributed by atoms with Crippen LogP contribution in [-0.2, 0) is 19.6 Å². The lowest BCUT2D eigenvalue weighted by molar-refractivity contribution is -0.140. The first kappa shape index (κ1) is 16.4. The summed E-state index contributed by atoms with van der Waals surface area (Å²) < 4.78 is 30.3. The third-order valence-corrected chi connectivity index (χ3v) is 4.76. The van der Waals surface area contributed by atoms with Crippen LogP contribution in [0.4, 0.5) is 0 Å². The second kappa shape index (κ2) is 6.70. The number of hydrogen-bond acceptors (Lipinski definition) is 5. The van der Waals surface area contributed by atoms with E-state index < -0.39 is 22.5 Å². The van der Waals surface area contributed by atoms with Crippen molar-refractivity contribution < 1.29 is 17.9 Å². The average molecular weight is 317 g/mol. The van der Waals surface area contributed by atoms with Gasteiger partial charge in [0.2, 0.25) is 10.0 Å². The smallest absolute Gasteiger partial charge is 0.321 e. The van der Waals surface area contributed by atoms with Crippen molar-refractivity contribution in [3.05, 3.63) is 28.8 Å². The van der Waals surface area contributed by atoms with E-state index in [2.05, 4.69) is 4.74 Å². The fourth-order valence-corrected chi connectivity index (χ4v) is 3.31. The van der Waals surface area contributed by atoms with Gasteiger partial charge in [-0.1, -0.05) is 18.5 Å². The summed E-state index contributed by atoms with van der Waals surface area (Å²) in [5, 5.41) is 9.18. The summed E-state index contributed by atoms with van der Waals surface area (Å²) >= 11 is 5.78. The number of nitrogens with zero attached hydrogens (tertiary/aromatic N) is 2. The zero-order chi connectivity index (χ0) is 15.3. The van der Waals surface area contributed by atoms with E-state index in [1.807, 2.05) is 0 Å². The Hall–Kier alpha value is -1.62. The fraction of sp³-hybridized carbons (Fsp3) is 0.333. The monoisotopic (exact) mass is 316 g/mol. The number of methoxy groups -OCH3 is 1. The number of esters is 1. The van der Waals surface area contributed by atoms with Crippen LogP contribution in [0, 0.1) is 11.3 Å². The zero-order valence-electron chi connectivity index (χ0n) is 11.0. The minimum absolute atomic E-state index is 0.0299. The molecule has 0 atom stereocenters. The van der Waals surface area contributed by atoms with E-state index >= 15 is 0 Å². The maximum Gasteiger partial charge on any atom is 0.321 e. The van der Waals surface area contributed by atoms with Crippen LogP contribution in [0.1, 0.15) is 12.5 Å². The molecule has 0 aliphatic heterocycles. The number of rotatable bonds is 5. The van der Waals surface area contributed by atoms with Crippen molar-refractivity contribution in [3.8, 4) is 6.07 Å². The number of nitriles is 1. The summed E-state index contributed by atoms with van der Waals surface area (Å²) in [6, 6.07) is 5.73. The van der Waals surface area contributed by atoms with E-state index in [0.29, 0.717) is 0 Å². The van der Waals surface area contributed by atoms with E-state index in [1.165, 1.54) is 25.3 Å². The van der Waals surface area contributed by atoms with Gasteiger partial charge >= 0.3 is 5.97 Å². The van der Waals surface area contributed by atoms with Gasteiger partial charge in [0.25, 0.3) is 0 Å². The molecule has 0 fully saturated rings. The molecule has 0 saturated heterocycles. The van der Waals surface area contributed by atoms with Crippen LogP contribution in [-0.4, -0.2) is 38.9 Å². The van der Waals surface area contributed by atoms with Gasteiger partial charge in [-0.25, -0.2) is 8.42 Å². The average Bonchev–Trinajstić information content (AvgIpc) is 2.44. The lowest BCUT2D eigenvalue weighted by atomic mass is 10.2. The summed E-state index contributed by atoms with van der Waals surface area (Å²) in [7, 11) is -2.83. The van der Waals surface area contributed by atoms with Crippen LogP contribution in [0.2, 0.25) is 5.02 Å². The van der Waals surface area contributed by atoms with Crippen LogP contribution in [0.25, 0.3) is 0 Å². The number of ether oxygens (including phenoxy) is 1. The SMILES string of the molecule is CCN(CC(=O)OC)S(=O)(=O)c1cc(Cl)ccc1C#N. The second-order valence-electron chi connectivity index (χ2n) is 3.76. The Labute approximate surface area is 122 Å². The zero-order valence-corrected chi connectivity index (χ0v) is 12.5. The van der Waals surface area contributed by atoms with Crippen LogP contribution in [0.5, 0.6) is 0 Å². The molecule has 0 N–H and O–H groups in total. The third kappa shape index (κ3) is 3.48. The molecule has 1 aromatic rings. The van der Waals surface area contributed by atoms with Crippen LogP contribution < -0.4 is 0 Å². The van der Waals surface area contributed by atoms with Gasteiger partial charge in [0.05, 0.1) is 12.7 Å². The number of benzene rings is 1. The molecule has 0 bridgehead atoms. The highest BCUT2D eigenvalue weighted by Crippen LogP contribution is 2.23. The molecule has 0 aliphatic carbocycles. The summed E-state index contributed by atoms with van der Waals surface area (Å²) in [6.07, 6.45) is 0. The summed E-state index contributed by atoms with van der Waals surface area (Å²) in [4.78, 5) is 11.0. The van der Waals surface area contributed by atoms with Gasteiger partial charge < -0.3 is 4.74 Å². The Balaban J connectivity index is 3.31. The fourth-order valence-electron chi connectivity index (χ4n) is 1.52. The molecule has 108 valence electrons. The van der Waals surface area contributed by atoms with E-state index in [-0.39, 0.29) is 22.0 Å². The van der Waals surface area contributed by atoms with Gasteiger partial charge in [0, 0.05) is 11.6 Å². The summed E-state index contributed by atoms with van der Waals surface area (Å²) in [5.41, 5.74) is -0.0299. The van der Waals surface area contributed by atoms with Gasteiger partial charge in [0.15, 0.2) is 0 Å². The first-order valence-electron chi connectivity index (χ1n) is 5.63. The summed E-state index contributed by atoms with van der Waals surface area (Å²) in [6.45, 7) is 1.22. The molecular weight excluding hydrogens is 304 g/mol. The molecule has 20 heavy (non-hydrogen) atoms. The van der Waals surface area contributed by atoms with Crippen molar-refractivity contribution in [2.24, 2.45) is 0 Å². The minimum Gasteiger partial charge on any atom is -0.468 e. The lowest BCUT2D eigenvalue weighted by Crippen LogP contribution is -2.36. The normalized spacial score (nSPS) is 11.2. The van der Waals surface area contributed by atoms with Gasteiger partial charge in [-0.05, 0) is 18.2 Å². The Morgan fingerprint density at radius 2 is 2.15 bits per heavy atom. The molecule has 0 heterocycles. The van der Waals surface area contributed by atoms with Crippen LogP contribution in [0.15, 0.2) is 23.1 Å². The largest absolute Gasteiger partial charge is 0.468 e. The van der Waals surface area contributed by atoms with Crippen molar-refractivity contribution in [3.63, 3.8) is 0 Å². The Bertz CT molecular complexity index is 652. The number of hydrogen-bond donors (Lipinski definition) is 0. The predicted octanol–water partition coefficient (Wildman–Crippen LogP) is 1.40. The van der Waals surface area contributed by atoms with Crippen molar-refractivity contribution in [1.82, 2.24) is 4.31 Å². The predicted molar refractivity (Wildman–Crippen MR) is 72.6 cm³/mol. The number of sulfonamides is 1. The molecule has 0 aliphatic rings. The lowest BCUT2D eigenvalue weighted by Gasteiger charge is -2.19. The van der Waals surface area contributed by atoms with Crippen molar-refractivity contribution in [2.45, 2.75) is 11.8 Å². The molecule has 0 saturated carbocycles. The topological polar surface area (TPSA) is 87.5 Å². The van der Waals surface area contributed by atoms with Gasteiger partial charge in [-0.15, -0.1) is 0 Å². The molecule has 6 nitrogen and oxygen atoms in total. The van der Waals surface area contributed by atoms with Gasteiger partial charge in [0.1, 0.15) is 17.5 Å². The van der Waals surface area contributed by atoms with Crippen molar-refractivity contribution in [1.29, 1.82) is 5.26 Å². The van der Waals surface area contributed by atoms with E-state index in [9.17, 15) is 13.2 Å². The molecular formula is C12H13ClN2O4S. The highest BCUT2D eigenvalue weighted by atomic mass is 35.5. The molecule has 0 radical (unpaired) electrons. The molecule has 0 spiro atoms. The summed E-state index contributed by atoms with van der Waals surface area (Å²) in [5.74, 6) is -0.684. The molecule has 0 unspecified atom stereocenters. The molecule has 0 amide bonds. The minimum atomic E-state index is -4.00. The second-order valence-corrected chi connectivity index (χ2v) is 6.10. The third-order valence-electron chi connectivity index (χ3n) is 2.57. The number of halogens is 1. The van der Waals surface area contributed by atoms with Crippen LogP contribution in [0.3, 0.4) is 0 Å². The Morgan fingerprint density at radius 1 is 1.50 bits per heavy atom. The highest BCUT2D eigenvalue weighted by molar-refractivity contribution is 7.89. The Morgan fingerprint density at radius 3 is 2.65 bits per heavy atom. The van der Waals surface area contributed by atoms with E-state index in [1.54, 1.807) is 13.0 Å². The first-order chi connectivity index (χ1) is 9.36. The standard InChI is InChI=1S/C12H13ClN2O4S/c1-3-15(8-12(16)19-2)20(17,18)11-6-10(13)5-4-9(11)7-14/h4-6H,3,8H2,1-2H3. The van der Waals surface area contributed by atoms with Crippen molar-refractivity contribution >= 4 is 27.6 Å². The van der Waals surface area contributed by atoms with Crippen molar-refractivity contribution in [2.75, 3.05) is 20.2 Å². The molecule has 8 heteroatoms. The van der Waals surface area contributed by atoms with E-state index in [0.717, 1.165) is 4.31 Å². The van der Waals surface area contributed by atoms with E-state index in [4.69, 9.17) is 16.9 Å². The molecule has 1 aromatic carbocycles. The van der Waals surface area contributed by atoms with Gasteiger partial charge in [-0.2, -0.15) is 9.57 Å². The first-order valence-corrected chi connectivity index (χ1v) is 7.45.